The maximum absolute atomic E-state index is 12.2. The molecule has 0 saturated carbocycles. The van der Waals surface area contributed by atoms with E-state index in [1.54, 1.807) is 4.90 Å². The highest BCUT2D eigenvalue weighted by atomic mass is 16.5. The van der Waals surface area contributed by atoms with E-state index in [1.807, 2.05) is 0 Å². The minimum Gasteiger partial charge on any atom is -0.481 e. The van der Waals surface area contributed by atoms with Crippen molar-refractivity contribution in [2.75, 3.05) is 6.54 Å². The summed E-state index contributed by atoms with van der Waals surface area (Å²) in [6.45, 7) is 0.409. The fourth-order valence-corrected chi connectivity index (χ4v) is 3.25. The molecule has 20 heavy (non-hydrogen) atoms. The van der Waals surface area contributed by atoms with Gasteiger partial charge in [0.25, 0.3) is 0 Å². The molecule has 2 fully saturated rings. The molecule has 2 aliphatic rings. The number of carbonyl (C=O) groups is 2. The minimum absolute atomic E-state index is 0.0614. The molecule has 2 amide bonds. The number of nitrogens with one attached hydrogen (secondary N) is 1. The standard InChI is InChI=1S/C12H16N4O4/c17-11(18)8-5-7-1-2-9(8)16(7)12(19)13-4-3-10-14-6-20-15-10/h6-9H,1-5H2,(H,13,19)(H,17,18). The van der Waals surface area contributed by atoms with Crippen LogP contribution in [0.1, 0.15) is 25.1 Å². The minimum atomic E-state index is -0.804. The van der Waals surface area contributed by atoms with Gasteiger partial charge in [-0.05, 0) is 19.3 Å². The first-order chi connectivity index (χ1) is 9.66. The Labute approximate surface area is 115 Å². The number of hydrogen-bond donors (Lipinski definition) is 2. The number of rotatable bonds is 4. The van der Waals surface area contributed by atoms with Crippen LogP contribution in [0.25, 0.3) is 0 Å². The average molecular weight is 280 g/mol. The molecule has 3 unspecified atom stereocenters. The van der Waals surface area contributed by atoms with Gasteiger partial charge in [0.05, 0.1) is 5.92 Å². The number of aromatic nitrogens is 2. The Morgan fingerprint density at radius 1 is 1.50 bits per heavy atom. The second-order valence-electron chi connectivity index (χ2n) is 5.22. The predicted octanol–water partition coefficient (Wildman–Crippen LogP) is 0.259. The van der Waals surface area contributed by atoms with Gasteiger partial charge in [-0.1, -0.05) is 5.16 Å². The fraction of sp³-hybridized carbons (Fsp3) is 0.667. The molecule has 0 radical (unpaired) electrons. The summed E-state index contributed by atoms with van der Waals surface area (Å²) in [7, 11) is 0. The van der Waals surface area contributed by atoms with Crippen molar-refractivity contribution in [2.24, 2.45) is 5.92 Å². The predicted molar refractivity (Wildman–Crippen MR) is 65.8 cm³/mol. The van der Waals surface area contributed by atoms with Crippen LogP contribution in [0, 0.1) is 5.92 Å². The van der Waals surface area contributed by atoms with Crippen LogP contribution >= 0.6 is 0 Å². The van der Waals surface area contributed by atoms with Crippen LogP contribution in [-0.2, 0) is 11.2 Å². The van der Waals surface area contributed by atoms with E-state index in [1.165, 1.54) is 6.39 Å². The third kappa shape index (κ3) is 2.21. The van der Waals surface area contributed by atoms with Crippen molar-refractivity contribution >= 4 is 12.0 Å². The van der Waals surface area contributed by atoms with E-state index in [0.29, 0.717) is 25.2 Å². The van der Waals surface area contributed by atoms with Gasteiger partial charge >= 0.3 is 12.0 Å². The van der Waals surface area contributed by atoms with Crippen molar-refractivity contribution in [2.45, 2.75) is 37.8 Å². The lowest BCUT2D eigenvalue weighted by atomic mass is 9.89. The molecule has 2 saturated heterocycles. The summed E-state index contributed by atoms with van der Waals surface area (Å²) in [4.78, 5) is 28.9. The topological polar surface area (TPSA) is 109 Å². The van der Waals surface area contributed by atoms with Crippen molar-refractivity contribution in [3.63, 3.8) is 0 Å². The highest BCUT2D eigenvalue weighted by molar-refractivity contribution is 5.79. The molecule has 0 aliphatic carbocycles. The van der Waals surface area contributed by atoms with Gasteiger partial charge in [0.2, 0.25) is 6.39 Å². The van der Waals surface area contributed by atoms with E-state index in [4.69, 9.17) is 5.11 Å². The van der Waals surface area contributed by atoms with E-state index >= 15 is 0 Å². The summed E-state index contributed by atoms with van der Waals surface area (Å²) in [6.07, 6.45) is 3.98. The van der Waals surface area contributed by atoms with Gasteiger partial charge in [0, 0.05) is 25.0 Å². The molecule has 2 bridgehead atoms. The van der Waals surface area contributed by atoms with E-state index in [2.05, 4.69) is 20.0 Å². The van der Waals surface area contributed by atoms with Crippen molar-refractivity contribution in [3.05, 3.63) is 12.2 Å². The van der Waals surface area contributed by atoms with Crippen molar-refractivity contribution in [1.82, 2.24) is 20.4 Å². The number of carbonyl (C=O) groups excluding carboxylic acids is 1. The maximum atomic E-state index is 12.2. The molecule has 1 aromatic rings. The van der Waals surface area contributed by atoms with Crippen LogP contribution in [0.15, 0.2) is 10.9 Å². The molecule has 8 nitrogen and oxygen atoms in total. The second kappa shape index (κ2) is 5.10. The summed E-state index contributed by atoms with van der Waals surface area (Å²) in [5.74, 6) is -0.684. The van der Waals surface area contributed by atoms with Crippen molar-refractivity contribution in [3.8, 4) is 0 Å². The van der Waals surface area contributed by atoms with Crippen LogP contribution in [0.4, 0.5) is 4.79 Å². The molecule has 1 aromatic heterocycles. The monoisotopic (exact) mass is 280 g/mol. The number of carboxylic acid groups (broad SMARTS) is 1. The lowest BCUT2D eigenvalue weighted by Crippen LogP contribution is -2.44. The Bertz CT molecular complexity index is 504. The number of amides is 2. The molecule has 2 aliphatic heterocycles. The van der Waals surface area contributed by atoms with Crippen molar-refractivity contribution in [1.29, 1.82) is 0 Å². The smallest absolute Gasteiger partial charge is 0.317 e. The van der Waals surface area contributed by atoms with Crippen LogP contribution < -0.4 is 5.32 Å². The Balaban J connectivity index is 1.54. The van der Waals surface area contributed by atoms with E-state index < -0.39 is 11.9 Å². The first-order valence-electron chi connectivity index (χ1n) is 6.71. The summed E-state index contributed by atoms with van der Waals surface area (Å²) in [6, 6.07) is -0.293. The molecule has 0 spiro atoms. The summed E-state index contributed by atoms with van der Waals surface area (Å²) >= 11 is 0. The SMILES string of the molecule is O=C(O)C1CC2CCC1N2C(=O)NCCc1ncon1. The quantitative estimate of drug-likeness (QED) is 0.818. The lowest BCUT2D eigenvalue weighted by Gasteiger charge is -2.23. The number of carboxylic acids is 1. The molecule has 8 heteroatoms. The third-order valence-corrected chi connectivity index (χ3v) is 4.12. The number of urea groups is 1. The Kier molecular flexibility index (Phi) is 3.29. The molecule has 3 rings (SSSR count). The molecular formula is C12H16N4O4. The largest absolute Gasteiger partial charge is 0.481 e. The van der Waals surface area contributed by atoms with Crippen LogP contribution in [0.3, 0.4) is 0 Å². The molecule has 2 N–H and O–H groups in total. The van der Waals surface area contributed by atoms with Gasteiger partial charge < -0.3 is 19.8 Å². The van der Waals surface area contributed by atoms with Gasteiger partial charge in [0.15, 0.2) is 5.82 Å². The summed E-state index contributed by atoms with van der Waals surface area (Å²) in [5, 5.41) is 15.6. The first kappa shape index (κ1) is 12.9. The van der Waals surface area contributed by atoms with Crippen LogP contribution in [0.5, 0.6) is 0 Å². The molecular weight excluding hydrogens is 264 g/mol. The van der Waals surface area contributed by atoms with Crippen molar-refractivity contribution < 1.29 is 19.2 Å². The Morgan fingerprint density at radius 3 is 3.00 bits per heavy atom. The van der Waals surface area contributed by atoms with Crippen LogP contribution in [0.2, 0.25) is 0 Å². The van der Waals surface area contributed by atoms with Gasteiger partial charge in [0.1, 0.15) is 0 Å². The summed E-state index contributed by atoms with van der Waals surface area (Å²) < 4.78 is 4.61. The summed E-state index contributed by atoms with van der Waals surface area (Å²) in [5.41, 5.74) is 0. The average Bonchev–Trinajstić information content (AvgIpc) is 3.13. The van der Waals surface area contributed by atoms with Gasteiger partial charge in [-0.25, -0.2) is 4.79 Å². The lowest BCUT2D eigenvalue weighted by molar-refractivity contribution is -0.142. The number of aliphatic carboxylic acids is 1. The zero-order valence-electron chi connectivity index (χ0n) is 10.9. The Hall–Kier alpha value is -2.12. The van der Waals surface area contributed by atoms with E-state index in [9.17, 15) is 9.59 Å². The Morgan fingerprint density at radius 2 is 2.35 bits per heavy atom. The molecule has 3 heterocycles. The van der Waals surface area contributed by atoms with Gasteiger partial charge in [-0.2, -0.15) is 4.98 Å². The van der Waals surface area contributed by atoms with Crippen LogP contribution in [-0.4, -0.2) is 50.8 Å². The zero-order valence-corrected chi connectivity index (χ0v) is 10.9. The zero-order chi connectivity index (χ0) is 14.1. The highest BCUT2D eigenvalue weighted by Gasteiger charge is 2.51. The fourth-order valence-electron chi connectivity index (χ4n) is 3.25. The van der Waals surface area contributed by atoms with Gasteiger partial charge in [-0.3, -0.25) is 4.79 Å². The molecule has 0 aromatic carbocycles. The van der Waals surface area contributed by atoms with E-state index in [0.717, 1.165) is 12.8 Å². The number of hydrogen-bond acceptors (Lipinski definition) is 5. The van der Waals surface area contributed by atoms with Gasteiger partial charge in [-0.15, -0.1) is 0 Å². The normalized spacial score (nSPS) is 27.8. The molecule has 3 atom stereocenters. The second-order valence-corrected chi connectivity index (χ2v) is 5.22. The van der Waals surface area contributed by atoms with E-state index in [-0.39, 0.29) is 18.1 Å². The highest BCUT2D eigenvalue weighted by Crippen LogP contribution is 2.41. The number of fused-ring (bicyclic) bond motifs is 2. The number of nitrogens with zero attached hydrogens (tertiary/aromatic N) is 3. The molecule has 108 valence electrons. The first-order valence-corrected chi connectivity index (χ1v) is 6.71. The maximum Gasteiger partial charge on any atom is 0.317 e. The third-order valence-electron chi connectivity index (χ3n) is 4.12.